The van der Waals surface area contributed by atoms with Gasteiger partial charge in [-0.05, 0) is 20.3 Å². The molecule has 0 aliphatic heterocycles. The zero-order valence-corrected chi connectivity index (χ0v) is 7.96. The number of hydrogen-bond acceptors (Lipinski definition) is 2. The Balaban J connectivity index is 4.23. The second-order valence-corrected chi connectivity index (χ2v) is 2.64. The van der Waals surface area contributed by atoms with Crippen LogP contribution in [0.3, 0.4) is 0 Å². The molecule has 0 aromatic carbocycles. The molecule has 12 heavy (non-hydrogen) atoms. The van der Waals surface area contributed by atoms with Crippen LogP contribution >= 0.6 is 0 Å². The third-order valence-corrected chi connectivity index (χ3v) is 1.75. The Morgan fingerprint density at radius 3 is 2.58 bits per heavy atom. The van der Waals surface area contributed by atoms with Crippen LogP contribution in [0.2, 0.25) is 0 Å². The third kappa shape index (κ3) is 3.37. The number of methoxy groups -OCH3 is 1. The molecule has 0 aromatic rings. The number of hydrogen-bond donors (Lipinski definition) is 0. The minimum atomic E-state index is -0.189. The Bertz CT molecular complexity index is 192. The van der Waals surface area contributed by atoms with Crippen molar-refractivity contribution in [3.8, 4) is 0 Å². The lowest BCUT2D eigenvalue weighted by Gasteiger charge is -2.12. The molecule has 0 aliphatic rings. The summed E-state index contributed by atoms with van der Waals surface area (Å²) in [5.41, 5.74) is 0. The summed E-state index contributed by atoms with van der Waals surface area (Å²) >= 11 is 0. The van der Waals surface area contributed by atoms with Gasteiger partial charge < -0.3 is 4.74 Å². The van der Waals surface area contributed by atoms with E-state index in [0.29, 0.717) is 12.2 Å². The van der Waals surface area contributed by atoms with Crippen LogP contribution in [0.15, 0.2) is 24.5 Å². The van der Waals surface area contributed by atoms with E-state index in [0.717, 1.165) is 0 Å². The fraction of sp³-hybridized carbons (Fsp3) is 0.500. The maximum absolute atomic E-state index is 11.1. The quantitative estimate of drug-likeness (QED) is 0.465. The molecular formula is C10H16O2. The van der Waals surface area contributed by atoms with Crippen LogP contribution in [-0.4, -0.2) is 12.9 Å². The molecule has 0 aliphatic carbocycles. The predicted molar refractivity (Wildman–Crippen MR) is 49.8 cm³/mol. The van der Waals surface area contributed by atoms with E-state index in [9.17, 15) is 4.79 Å². The molecule has 2 nitrogen and oxygen atoms in total. The number of carbonyl (C=O) groups is 1. The van der Waals surface area contributed by atoms with Gasteiger partial charge in [-0.25, -0.2) is 0 Å². The summed E-state index contributed by atoms with van der Waals surface area (Å²) in [6.45, 7) is 7.15. The minimum Gasteiger partial charge on any atom is -0.501 e. The van der Waals surface area contributed by atoms with Crippen molar-refractivity contribution in [3.63, 3.8) is 0 Å². The highest BCUT2D eigenvalue weighted by Gasteiger charge is 2.16. The van der Waals surface area contributed by atoms with Gasteiger partial charge in [-0.2, -0.15) is 0 Å². The molecule has 1 unspecified atom stereocenters. The van der Waals surface area contributed by atoms with E-state index in [4.69, 9.17) is 4.74 Å². The molecule has 0 spiro atoms. The molecule has 68 valence electrons. The summed E-state index contributed by atoms with van der Waals surface area (Å²) in [5, 5.41) is 0. The number of rotatable bonds is 5. The first-order valence-electron chi connectivity index (χ1n) is 3.97. The van der Waals surface area contributed by atoms with Crippen molar-refractivity contribution in [2.45, 2.75) is 20.3 Å². The first-order valence-corrected chi connectivity index (χ1v) is 3.97. The van der Waals surface area contributed by atoms with Crippen molar-refractivity contribution in [2.75, 3.05) is 7.11 Å². The van der Waals surface area contributed by atoms with Gasteiger partial charge in [0.2, 0.25) is 0 Å². The SMILES string of the molecule is C=C(OC)C(C/C=C/C)C(C)=O. The van der Waals surface area contributed by atoms with Gasteiger partial charge in [0.05, 0.1) is 18.8 Å². The van der Waals surface area contributed by atoms with Crippen molar-refractivity contribution < 1.29 is 9.53 Å². The molecule has 0 N–H and O–H groups in total. The number of allylic oxidation sites excluding steroid dienone is 3. The highest BCUT2D eigenvalue weighted by atomic mass is 16.5. The van der Waals surface area contributed by atoms with Gasteiger partial charge >= 0.3 is 0 Å². The summed E-state index contributed by atoms with van der Waals surface area (Å²) < 4.78 is 4.92. The maximum atomic E-state index is 11.1. The van der Waals surface area contributed by atoms with Crippen molar-refractivity contribution in [3.05, 3.63) is 24.5 Å². The van der Waals surface area contributed by atoms with E-state index in [2.05, 4.69) is 6.58 Å². The second-order valence-electron chi connectivity index (χ2n) is 2.64. The van der Waals surface area contributed by atoms with Gasteiger partial charge in [-0.15, -0.1) is 0 Å². The van der Waals surface area contributed by atoms with E-state index in [1.807, 2.05) is 19.1 Å². The van der Waals surface area contributed by atoms with Crippen molar-refractivity contribution >= 4 is 5.78 Å². The predicted octanol–water partition coefficient (Wildman–Crippen LogP) is 2.32. The van der Waals surface area contributed by atoms with E-state index in [1.54, 1.807) is 6.92 Å². The van der Waals surface area contributed by atoms with Gasteiger partial charge in [0, 0.05) is 0 Å². The molecule has 0 heterocycles. The highest BCUT2D eigenvalue weighted by Crippen LogP contribution is 2.15. The summed E-state index contributed by atoms with van der Waals surface area (Å²) in [6, 6.07) is 0. The summed E-state index contributed by atoms with van der Waals surface area (Å²) in [5.74, 6) is 0.451. The van der Waals surface area contributed by atoms with Crippen LogP contribution in [-0.2, 0) is 9.53 Å². The lowest BCUT2D eigenvalue weighted by atomic mass is 9.99. The average molecular weight is 168 g/mol. The fourth-order valence-electron chi connectivity index (χ4n) is 0.939. The Kier molecular flexibility index (Phi) is 5.09. The summed E-state index contributed by atoms with van der Waals surface area (Å²) in [7, 11) is 1.54. The number of ketones is 1. The van der Waals surface area contributed by atoms with Crippen LogP contribution in [0.25, 0.3) is 0 Å². The molecule has 0 aromatic heterocycles. The number of carbonyl (C=O) groups excluding carboxylic acids is 1. The summed E-state index contributed by atoms with van der Waals surface area (Å²) in [4.78, 5) is 11.1. The van der Waals surface area contributed by atoms with Crippen molar-refractivity contribution in [2.24, 2.45) is 5.92 Å². The van der Waals surface area contributed by atoms with E-state index in [1.165, 1.54) is 7.11 Å². The maximum Gasteiger partial charge on any atom is 0.140 e. The Morgan fingerprint density at radius 2 is 2.25 bits per heavy atom. The molecule has 0 rings (SSSR count). The Hall–Kier alpha value is -1.05. The smallest absolute Gasteiger partial charge is 0.140 e. The van der Waals surface area contributed by atoms with Crippen LogP contribution in [0.5, 0.6) is 0 Å². The van der Waals surface area contributed by atoms with Crippen LogP contribution in [0.1, 0.15) is 20.3 Å². The zero-order valence-electron chi connectivity index (χ0n) is 7.96. The second kappa shape index (κ2) is 5.58. The van der Waals surface area contributed by atoms with Gasteiger partial charge in [0.1, 0.15) is 5.78 Å². The normalized spacial score (nSPS) is 12.9. The third-order valence-electron chi connectivity index (χ3n) is 1.75. The van der Waals surface area contributed by atoms with Gasteiger partial charge in [-0.3, -0.25) is 4.79 Å². The highest BCUT2D eigenvalue weighted by molar-refractivity contribution is 5.80. The first-order chi connectivity index (χ1) is 5.63. The standard InChI is InChI=1S/C10H16O2/c1-5-6-7-10(8(2)11)9(3)12-4/h5-6,10H,3,7H2,1-2,4H3/b6-5+. The molecular weight excluding hydrogens is 152 g/mol. The molecule has 2 heteroatoms. The van der Waals surface area contributed by atoms with E-state index >= 15 is 0 Å². The summed E-state index contributed by atoms with van der Waals surface area (Å²) in [6.07, 6.45) is 4.54. The number of ether oxygens (including phenoxy) is 1. The van der Waals surface area contributed by atoms with Gasteiger partial charge in [0.15, 0.2) is 0 Å². The van der Waals surface area contributed by atoms with Crippen molar-refractivity contribution in [1.82, 2.24) is 0 Å². The Morgan fingerprint density at radius 1 is 1.67 bits per heavy atom. The van der Waals surface area contributed by atoms with Gasteiger partial charge in [-0.1, -0.05) is 18.7 Å². The first kappa shape index (κ1) is 11.0. The van der Waals surface area contributed by atoms with Crippen LogP contribution < -0.4 is 0 Å². The fourth-order valence-corrected chi connectivity index (χ4v) is 0.939. The monoisotopic (exact) mass is 168 g/mol. The molecule has 0 saturated heterocycles. The average Bonchev–Trinajstić information content (AvgIpc) is 2.04. The lowest BCUT2D eigenvalue weighted by Crippen LogP contribution is -2.13. The molecule has 1 atom stereocenters. The van der Waals surface area contributed by atoms with Crippen molar-refractivity contribution in [1.29, 1.82) is 0 Å². The molecule has 0 bridgehead atoms. The zero-order chi connectivity index (χ0) is 9.56. The molecule has 0 amide bonds. The van der Waals surface area contributed by atoms with Gasteiger partial charge in [0.25, 0.3) is 0 Å². The Labute approximate surface area is 73.9 Å². The van der Waals surface area contributed by atoms with Crippen LogP contribution in [0, 0.1) is 5.92 Å². The molecule has 0 fully saturated rings. The van der Waals surface area contributed by atoms with E-state index in [-0.39, 0.29) is 11.7 Å². The molecule has 0 saturated carbocycles. The number of Topliss-reactive ketones (excluding diaryl/α,β-unsaturated/α-hetero) is 1. The lowest BCUT2D eigenvalue weighted by molar-refractivity contribution is -0.120. The van der Waals surface area contributed by atoms with Crippen LogP contribution in [0.4, 0.5) is 0 Å². The largest absolute Gasteiger partial charge is 0.501 e. The molecule has 0 radical (unpaired) electrons. The minimum absolute atomic E-state index is 0.0972. The topological polar surface area (TPSA) is 26.3 Å². The van der Waals surface area contributed by atoms with E-state index < -0.39 is 0 Å².